The second-order valence-electron chi connectivity index (χ2n) is 8.37. The minimum atomic E-state index is -0.453. The van der Waals surface area contributed by atoms with Gasteiger partial charge in [-0.05, 0) is 18.2 Å². The van der Waals surface area contributed by atoms with Crippen molar-refractivity contribution < 1.29 is 4.42 Å². The van der Waals surface area contributed by atoms with E-state index >= 15 is 0 Å². The molecular formula is C21H21BrClN3O3. The van der Waals surface area contributed by atoms with Crippen molar-refractivity contribution >= 4 is 38.5 Å². The zero-order valence-corrected chi connectivity index (χ0v) is 18.8. The van der Waals surface area contributed by atoms with Crippen molar-refractivity contribution in [2.24, 2.45) is 0 Å². The van der Waals surface area contributed by atoms with Crippen LogP contribution in [0.25, 0.3) is 11.0 Å². The Hall–Kier alpha value is -1.96. The summed E-state index contributed by atoms with van der Waals surface area (Å²) < 4.78 is 6.30. The molecule has 0 unspecified atom stereocenters. The summed E-state index contributed by atoms with van der Waals surface area (Å²) in [5.41, 5.74) is 1.53. The molecule has 1 aliphatic rings. The van der Waals surface area contributed by atoms with Gasteiger partial charge in [0.15, 0.2) is 0 Å². The third-order valence-corrected chi connectivity index (χ3v) is 6.06. The molecule has 0 aliphatic carbocycles. The molecule has 0 atom stereocenters. The van der Waals surface area contributed by atoms with Crippen LogP contribution in [-0.4, -0.2) is 21.4 Å². The smallest absolute Gasteiger partial charge is 0.342 e. The van der Waals surface area contributed by atoms with E-state index in [1.54, 1.807) is 12.1 Å². The zero-order valence-electron chi connectivity index (χ0n) is 16.4. The van der Waals surface area contributed by atoms with Crippen LogP contribution >= 0.6 is 27.5 Å². The van der Waals surface area contributed by atoms with Crippen LogP contribution in [0.3, 0.4) is 0 Å². The average Bonchev–Trinajstić information content (AvgIpc) is 2.65. The summed E-state index contributed by atoms with van der Waals surface area (Å²) in [6.45, 7) is 7.46. The van der Waals surface area contributed by atoms with Gasteiger partial charge in [0.25, 0.3) is 5.56 Å². The predicted molar refractivity (Wildman–Crippen MR) is 117 cm³/mol. The molecule has 1 aliphatic heterocycles. The fraction of sp³-hybridized carbons (Fsp3) is 0.381. The number of H-pyrrole nitrogens is 1. The Labute approximate surface area is 181 Å². The summed E-state index contributed by atoms with van der Waals surface area (Å²) in [5.74, 6) is 0.693. The molecule has 0 bridgehead atoms. The SMILES string of the molecule is CC(C)(C)c1nc2c(c(=O)[nH]1)CN(Cc1c(Cl)c3cc(Br)ccc3oc1=O)CC2. The Kier molecular flexibility index (Phi) is 5.17. The van der Waals surface area contributed by atoms with Crippen molar-refractivity contribution in [2.45, 2.75) is 45.7 Å². The van der Waals surface area contributed by atoms with Crippen LogP contribution in [0.2, 0.25) is 5.02 Å². The number of rotatable bonds is 2. The monoisotopic (exact) mass is 477 g/mol. The van der Waals surface area contributed by atoms with E-state index in [0.717, 1.165) is 10.2 Å². The van der Waals surface area contributed by atoms with Gasteiger partial charge in [0, 0.05) is 41.3 Å². The van der Waals surface area contributed by atoms with Crippen LogP contribution in [0.5, 0.6) is 0 Å². The Morgan fingerprint density at radius 2 is 2.07 bits per heavy atom. The van der Waals surface area contributed by atoms with E-state index in [-0.39, 0.29) is 11.0 Å². The van der Waals surface area contributed by atoms with Crippen molar-refractivity contribution in [3.63, 3.8) is 0 Å². The van der Waals surface area contributed by atoms with E-state index in [9.17, 15) is 9.59 Å². The van der Waals surface area contributed by atoms with Gasteiger partial charge in [0.05, 0.1) is 21.8 Å². The molecule has 6 nitrogen and oxygen atoms in total. The molecule has 8 heteroatoms. The van der Waals surface area contributed by atoms with Gasteiger partial charge in [-0.2, -0.15) is 0 Å². The molecule has 4 rings (SSSR count). The van der Waals surface area contributed by atoms with Crippen LogP contribution < -0.4 is 11.2 Å². The number of hydrogen-bond acceptors (Lipinski definition) is 5. The van der Waals surface area contributed by atoms with E-state index in [0.29, 0.717) is 59.0 Å². The number of fused-ring (bicyclic) bond motifs is 2. The number of nitrogens with one attached hydrogen (secondary N) is 1. The van der Waals surface area contributed by atoms with Gasteiger partial charge in [0.2, 0.25) is 0 Å². The van der Waals surface area contributed by atoms with Crippen molar-refractivity contribution in [2.75, 3.05) is 6.54 Å². The minimum absolute atomic E-state index is 0.120. The van der Waals surface area contributed by atoms with Gasteiger partial charge in [-0.3, -0.25) is 9.69 Å². The summed E-state index contributed by atoms with van der Waals surface area (Å²) in [5, 5.41) is 1.07. The molecule has 0 spiro atoms. The second kappa shape index (κ2) is 7.38. The first-order chi connectivity index (χ1) is 13.6. The van der Waals surface area contributed by atoms with Crippen molar-refractivity contribution in [1.82, 2.24) is 14.9 Å². The van der Waals surface area contributed by atoms with Crippen LogP contribution in [0, 0.1) is 0 Å². The highest BCUT2D eigenvalue weighted by molar-refractivity contribution is 9.10. The van der Waals surface area contributed by atoms with Crippen molar-refractivity contribution in [3.05, 3.63) is 71.1 Å². The lowest BCUT2D eigenvalue weighted by molar-refractivity contribution is 0.238. The van der Waals surface area contributed by atoms with Gasteiger partial charge in [0.1, 0.15) is 11.4 Å². The quantitative estimate of drug-likeness (QED) is 0.560. The molecule has 0 saturated carbocycles. The lowest BCUT2D eigenvalue weighted by Crippen LogP contribution is -2.37. The highest BCUT2D eigenvalue weighted by Crippen LogP contribution is 2.29. The Morgan fingerprint density at radius 1 is 1.31 bits per heavy atom. The van der Waals surface area contributed by atoms with Gasteiger partial charge in [-0.15, -0.1) is 0 Å². The molecule has 0 amide bonds. The fourth-order valence-corrected chi connectivity index (χ4v) is 4.15. The summed E-state index contributed by atoms with van der Waals surface area (Å²) in [4.78, 5) is 34.8. The third-order valence-electron chi connectivity index (χ3n) is 5.13. The standard InChI is InChI=1S/C21H21BrClN3O3/c1-21(2,3)20-24-15-6-7-26(9-13(15)18(27)25-20)10-14-17(23)12-8-11(22)4-5-16(12)29-19(14)28/h4-5,8H,6-7,9-10H2,1-3H3,(H,24,25,27). The van der Waals surface area contributed by atoms with Gasteiger partial charge < -0.3 is 9.40 Å². The highest BCUT2D eigenvalue weighted by atomic mass is 79.9. The first-order valence-electron chi connectivity index (χ1n) is 9.39. The van der Waals surface area contributed by atoms with E-state index in [1.807, 2.05) is 31.7 Å². The molecule has 152 valence electrons. The molecule has 2 aromatic heterocycles. The number of aromatic nitrogens is 2. The highest BCUT2D eigenvalue weighted by Gasteiger charge is 2.26. The second-order valence-corrected chi connectivity index (χ2v) is 9.67. The number of nitrogens with zero attached hydrogens (tertiary/aromatic N) is 2. The Bertz CT molecular complexity index is 1230. The molecule has 3 aromatic rings. The number of aromatic amines is 1. The van der Waals surface area contributed by atoms with E-state index in [4.69, 9.17) is 16.0 Å². The van der Waals surface area contributed by atoms with Gasteiger partial charge >= 0.3 is 5.63 Å². The topological polar surface area (TPSA) is 79.2 Å². The van der Waals surface area contributed by atoms with E-state index < -0.39 is 5.63 Å². The first kappa shape index (κ1) is 20.3. The molecule has 0 saturated heterocycles. The van der Waals surface area contributed by atoms with Crippen LogP contribution in [0.1, 0.15) is 43.4 Å². The molecule has 29 heavy (non-hydrogen) atoms. The van der Waals surface area contributed by atoms with E-state index in [1.165, 1.54) is 0 Å². The molecular weight excluding hydrogens is 458 g/mol. The van der Waals surface area contributed by atoms with Crippen LogP contribution in [-0.2, 0) is 24.9 Å². The summed E-state index contributed by atoms with van der Waals surface area (Å²) in [6.07, 6.45) is 0.643. The van der Waals surface area contributed by atoms with Crippen molar-refractivity contribution in [1.29, 1.82) is 0 Å². The number of halogens is 2. The largest absolute Gasteiger partial charge is 0.422 e. The van der Waals surface area contributed by atoms with Crippen LogP contribution in [0.15, 0.2) is 36.7 Å². The maximum Gasteiger partial charge on any atom is 0.342 e. The molecule has 3 heterocycles. The molecule has 0 radical (unpaired) electrons. The van der Waals surface area contributed by atoms with Crippen LogP contribution in [0.4, 0.5) is 0 Å². The Balaban J connectivity index is 1.66. The van der Waals surface area contributed by atoms with Crippen molar-refractivity contribution in [3.8, 4) is 0 Å². The first-order valence-corrected chi connectivity index (χ1v) is 10.6. The normalized spacial score (nSPS) is 14.9. The van der Waals surface area contributed by atoms with Gasteiger partial charge in [-0.1, -0.05) is 48.3 Å². The maximum absolute atomic E-state index is 12.6. The lowest BCUT2D eigenvalue weighted by Gasteiger charge is -2.28. The van der Waals surface area contributed by atoms with Gasteiger partial charge in [-0.25, -0.2) is 9.78 Å². The molecule has 1 N–H and O–H groups in total. The predicted octanol–water partition coefficient (Wildman–Crippen LogP) is 4.15. The average molecular weight is 479 g/mol. The summed E-state index contributed by atoms with van der Waals surface area (Å²) >= 11 is 9.97. The number of benzene rings is 1. The van der Waals surface area contributed by atoms with E-state index in [2.05, 4.69) is 25.9 Å². The number of hydrogen-bond donors (Lipinski definition) is 1. The zero-order chi connectivity index (χ0) is 20.9. The fourth-order valence-electron chi connectivity index (χ4n) is 3.51. The maximum atomic E-state index is 12.6. The summed E-state index contributed by atoms with van der Waals surface area (Å²) in [6, 6.07) is 5.35. The summed E-state index contributed by atoms with van der Waals surface area (Å²) in [7, 11) is 0. The molecule has 1 aromatic carbocycles. The Morgan fingerprint density at radius 3 is 2.79 bits per heavy atom. The minimum Gasteiger partial charge on any atom is -0.422 e. The molecule has 0 fully saturated rings. The third kappa shape index (κ3) is 3.91. The lowest BCUT2D eigenvalue weighted by atomic mass is 9.95.